The van der Waals surface area contributed by atoms with Crippen LogP contribution in [0, 0.1) is 0 Å². The number of hydrogen-bond acceptors (Lipinski definition) is 2. The average Bonchev–Trinajstić information content (AvgIpc) is 3.56. The topological polar surface area (TPSA) is 6.48 Å². The van der Waals surface area contributed by atoms with Crippen molar-refractivity contribution in [1.29, 1.82) is 0 Å². The summed E-state index contributed by atoms with van der Waals surface area (Å²) in [6, 6.07) is 119. The minimum Gasteiger partial charge on any atom is -0.311 e. The van der Waals surface area contributed by atoms with Crippen molar-refractivity contribution in [3.63, 3.8) is 0 Å². The average molecular weight is 995 g/mol. The Morgan fingerprint density at radius 1 is 0.154 bits per heavy atom. The van der Waals surface area contributed by atoms with Crippen molar-refractivity contribution in [2.45, 2.75) is 0 Å². The van der Waals surface area contributed by atoms with E-state index in [-0.39, 0.29) is 0 Å². The molecular weight excluding hydrogens is 941 g/mol. The third-order valence-electron chi connectivity index (χ3n) is 14.8. The molecule has 0 atom stereocenters. The Morgan fingerprint density at radius 3 is 0.769 bits per heavy atom. The summed E-state index contributed by atoms with van der Waals surface area (Å²) in [7, 11) is 0. The van der Waals surface area contributed by atoms with E-state index in [4.69, 9.17) is 0 Å². The molecule has 368 valence electrons. The predicted octanol–water partition coefficient (Wildman–Crippen LogP) is 21.4. The van der Waals surface area contributed by atoms with E-state index < -0.39 is 0 Å². The Labute approximate surface area is 457 Å². The molecule has 0 saturated carbocycles. The molecule has 0 bridgehead atoms. The molecule has 13 aromatic rings. The van der Waals surface area contributed by atoms with Crippen molar-refractivity contribution in [3.8, 4) is 77.9 Å². The summed E-state index contributed by atoms with van der Waals surface area (Å²) >= 11 is 0. The van der Waals surface area contributed by atoms with Crippen LogP contribution < -0.4 is 9.80 Å². The van der Waals surface area contributed by atoms with E-state index in [9.17, 15) is 0 Å². The molecule has 0 unspecified atom stereocenters. The molecule has 0 amide bonds. The highest BCUT2D eigenvalue weighted by Gasteiger charge is 2.20. The van der Waals surface area contributed by atoms with Crippen molar-refractivity contribution in [1.82, 2.24) is 0 Å². The first-order valence-corrected chi connectivity index (χ1v) is 26.7. The summed E-state index contributed by atoms with van der Waals surface area (Å²) in [5.41, 5.74) is 23.0. The largest absolute Gasteiger partial charge is 0.311 e. The molecule has 0 aliphatic heterocycles. The molecule has 13 rings (SSSR count). The van der Waals surface area contributed by atoms with Crippen molar-refractivity contribution < 1.29 is 0 Å². The van der Waals surface area contributed by atoms with Crippen LogP contribution in [-0.2, 0) is 0 Å². The second kappa shape index (κ2) is 21.5. The quantitative estimate of drug-likeness (QED) is 0.114. The summed E-state index contributed by atoms with van der Waals surface area (Å²) in [6.45, 7) is 0. The highest BCUT2D eigenvalue weighted by molar-refractivity contribution is 6.00. The van der Waals surface area contributed by atoms with Gasteiger partial charge in [0.25, 0.3) is 0 Å². The monoisotopic (exact) mass is 994 g/mol. The summed E-state index contributed by atoms with van der Waals surface area (Å²) in [5, 5.41) is 2.39. The van der Waals surface area contributed by atoms with Gasteiger partial charge in [-0.2, -0.15) is 0 Å². The molecule has 0 saturated heterocycles. The lowest BCUT2D eigenvalue weighted by molar-refractivity contribution is 1.28. The van der Waals surface area contributed by atoms with Gasteiger partial charge in [-0.25, -0.2) is 0 Å². The van der Waals surface area contributed by atoms with E-state index in [1.165, 1.54) is 60.8 Å². The summed E-state index contributed by atoms with van der Waals surface area (Å²) in [6.07, 6.45) is 0. The number of hydrogen-bond donors (Lipinski definition) is 0. The highest BCUT2D eigenvalue weighted by Crippen LogP contribution is 2.44. The van der Waals surface area contributed by atoms with Gasteiger partial charge in [-0.1, -0.05) is 237 Å². The van der Waals surface area contributed by atoms with Gasteiger partial charge in [0.1, 0.15) is 0 Å². The second-order valence-corrected chi connectivity index (χ2v) is 19.8. The summed E-state index contributed by atoms with van der Waals surface area (Å²) in [4.78, 5) is 4.78. The van der Waals surface area contributed by atoms with Gasteiger partial charge in [0.2, 0.25) is 0 Å². The lowest BCUT2D eigenvalue weighted by Gasteiger charge is -2.28. The van der Waals surface area contributed by atoms with Gasteiger partial charge in [0.05, 0.1) is 5.69 Å². The van der Waals surface area contributed by atoms with Gasteiger partial charge in [-0.05, 0) is 174 Å². The Balaban J connectivity index is 0.864. The Morgan fingerprint density at radius 2 is 0.410 bits per heavy atom. The van der Waals surface area contributed by atoms with Gasteiger partial charge in [0, 0.05) is 33.8 Å². The van der Waals surface area contributed by atoms with Crippen LogP contribution in [0.5, 0.6) is 0 Å². The van der Waals surface area contributed by atoms with Crippen LogP contribution in [0.4, 0.5) is 34.1 Å². The number of rotatable bonds is 13. The number of anilines is 6. The highest BCUT2D eigenvalue weighted by atomic mass is 15.1. The van der Waals surface area contributed by atoms with Gasteiger partial charge in [0.15, 0.2) is 0 Å². The Bertz CT molecular complexity index is 4000. The maximum atomic E-state index is 2.42. The van der Waals surface area contributed by atoms with Gasteiger partial charge in [-0.15, -0.1) is 0 Å². The first-order chi connectivity index (χ1) is 38.6. The minimum absolute atomic E-state index is 1.07. The van der Waals surface area contributed by atoms with Crippen LogP contribution in [0.3, 0.4) is 0 Å². The molecule has 2 heteroatoms. The van der Waals surface area contributed by atoms with Crippen LogP contribution in [0.15, 0.2) is 328 Å². The molecule has 78 heavy (non-hydrogen) atoms. The van der Waals surface area contributed by atoms with E-state index in [2.05, 4.69) is 337 Å². The molecule has 0 fully saturated rings. The zero-order valence-electron chi connectivity index (χ0n) is 43.1. The molecule has 0 aliphatic rings. The van der Waals surface area contributed by atoms with Gasteiger partial charge < -0.3 is 9.80 Å². The van der Waals surface area contributed by atoms with Crippen molar-refractivity contribution >= 4 is 44.9 Å². The molecule has 0 aromatic heterocycles. The molecule has 0 radical (unpaired) electrons. The maximum Gasteiger partial charge on any atom is 0.0540 e. The van der Waals surface area contributed by atoms with E-state index in [1.54, 1.807) is 0 Å². The third-order valence-corrected chi connectivity index (χ3v) is 14.8. The predicted molar refractivity (Wildman–Crippen MR) is 331 cm³/mol. The summed E-state index contributed by atoms with van der Waals surface area (Å²) < 4.78 is 0. The lowest BCUT2D eigenvalue weighted by Crippen LogP contribution is -2.11. The van der Waals surface area contributed by atoms with Gasteiger partial charge >= 0.3 is 0 Å². The number of benzene rings is 13. The van der Waals surface area contributed by atoms with Crippen LogP contribution >= 0.6 is 0 Å². The maximum absolute atomic E-state index is 2.42. The van der Waals surface area contributed by atoms with Crippen molar-refractivity contribution in [2.24, 2.45) is 0 Å². The zero-order chi connectivity index (χ0) is 52.0. The first-order valence-electron chi connectivity index (χ1n) is 26.7. The second-order valence-electron chi connectivity index (χ2n) is 19.8. The van der Waals surface area contributed by atoms with E-state index in [0.29, 0.717) is 0 Å². The van der Waals surface area contributed by atoms with Crippen LogP contribution in [0.2, 0.25) is 0 Å². The molecule has 13 aromatic carbocycles. The van der Waals surface area contributed by atoms with Crippen LogP contribution in [-0.4, -0.2) is 0 Å². The third kappa shape index (κ3) is 9.90. The summed E-state index contributed by atoms with van der Waals surface area (Å²) in [5.74, 6) is 0. The zero-order valence-corrected chi connectivity index (χ0v) is 43.1. The minimum atomic E-state index is 1.07. The molecule has 0 N–H and O–H groups in total. The van der Waals surface area contributed by atoms with E-state index >= 15 is 0 Å². The smallest absolute Gasteiger partial charge is 0.0540 e. The van der Waals surface area contributed by atoms with Crippen molar-refractivity contribution in [2.75, 3.05) is 9.80 Å². The van der Waals surface area contributed by atoms with Crippen LogP contribution in [0.25, 0.3) is 88.7 Å². The fourth-order valence-corrected chi connectivity index (χ4v) is 10.8. The normalized spacial score (nSPS) is 11.1. The first kappa shape index (κ1) is 47.4. The molecular formula is C76H54N2. The SMILES string of the molecule is c1ccc(-c2ccc(N(c3ccc(-c4ccc(N(c5cc(-c6ccccc6)cc(-c6ccccc6)c5)c5cccc6ccccc56)cc4)cc3)c3ccc(-c4cc(-c5ccccc5)cc(-c5ccccc5)c4)cc3)cc2)cc1. The van der Waals surface area contributed by atoms with Crippen molar-refractivity contribution in [3.05, 3.63) is 328 Å². The fourth-order valence-electron chi connectivity index (χ4n) is 10.8. The Hall–Kier alpha value is -10.3. The van der Waals surface area contributed by atoms with Crippen LogP contribution in [0.1, 0.15) is 0 Å². The lowest BCUT2D eigenvalue weighted by atomic mass is 9.93. The standard InChI is InChI=1S/C76H54N2/c1-6-19-55(20-7-1)60-33-41-70(42-34-60)77(72-45-39-63(40-46-72)67-50-65(56-21-8-2-9-22-56)49-66(51-67)57-23-10-3-11-24-57)71-43-35-61(36-44-71)62-37-47-73(48-38-62)78(76-32-18-30-64-29-16-17-31-75(64)76)74-53-68(58-25-12-4-13-26-58)52-69(54-74)59-27-14-5-15-28-59/h1-54H. The van der Waals surface area contributed by atoms with E-state index in [0.717, 1.165) is 61.9 Å². The fraction of sp³-hybridized carbons (Fsp3) is 0. The molecule has 2 nitrogen and oxygen atoms in total. The molecule has 0 spiro atoms. The molecule has 0 aliphatic carbocycles. The number of nitrogens with zero attached hydrogens (tertiary/aromatic N) is 2. The van der Waals surface area contributed by atoms with Gasteiger partial charge in [-0.3, -0.25) is 0 Å². The number of fused-ring (bicyclic) bond motifs is 1. The molecule has 0 heterocycles. The van der Waals surface area contributed by atoms with E-state index in [1.807, 2.05) is 0 Å². The Kier molecular flexibility index (Phi) is 13.1.